The number of anilines is 4. The summed E-state index contributed by atoms with van der Waals surface area (Å²) in [5.41, 5.74) is 3.48. The van der Waals surface area contributed by atoms with Gasteiger partial charge in [-0.3, -0.25) is 0 Å². The third kappa shape index (κ3) is 4.11. The first kappa shape index (κ1) is 16.4. The lowest BCUT2D eigenvalue weighted by Gasteiger charge is -2.11. The van der Waals surface area contributed by atoms with Crippen molar-refractivity contribution >= 4 is 29.1 Å². The predicted molar refractivity (Wildman–Crippen MR) is 97.9 cm³/mol. The van der Waals surface area contributed by atoms with Gasteiger partial charge in [-0.15, -0.1) is 0 Å². The number of benzene rings is 2. The molecule has 0 amide bonds. The van der Waals surface area contributed by atoms with Crippen LogP contribution in [0.5, 0.6) is 0 Å². The summed E-state index contributed by atoms with van der Waals surface area (Å²) in [6.07, 6.45) is 0. The Labute approximate surface area is 145 Å². The number of carboxylic acid groups (broad SMARTS) is 1. The number of aromatic carboxylic acids is 1. The van der Waals surface area contributed by atoms with Crippen molar-refractivity contribution < 1.29 is 9.90 Å². The number of para-hydroxylation sites is 1. The van der Waals surface area contributed by atoms with Crippen LogP contribution < -0.4 is 10.6 Å². The molecule has 25 heavy (non-hydrogen) atoms. The van der Waals surface area contributed by atoms with Crippen LogP contribution in [0.3, 0.4) is 0 Å². The smallest absolute Gasteiger partial charge is 0.337 e. The molecule has 0 atom stereocenters. The van der Waals surface area contributed by atoms with Crippen LogP contribution in [-0.4, -0.2) is 21.0 Å². The fourth-order valence-electron chi connectivity index (χ4n) is 2.37. The number of hydrogen-bond acceptors (Lipinski definition) is 5. The highest BCUT2D eigenvalue weighted by Crippen LogP contribution is 2.22. The van der Waals surface area contributed by atoms with E-state index in [4.69, 9.17) is 0 Å². The molecule has 3 rings (SSSR count). The van der Waals surface area contributed by atoms with Gasteiger partial charge in [0.15, 0.2) is 0 Å². The lowest BCUT2D eigenvalue weighted by atomic mass is 10.2. The Morgan fingerprint density at radius 1 is 0.960 bits per heavy atom. The molecule has 0 unspecified atom stereocenters. The van der Waals surface area contributed by atoms with Crippen molar-refractivity contribution in [1.82, 2.24) is 9.97 Å². The highest BCUT2D eigenvalue weighted by atomic mass is 16.4. The molecule has 3 N–H and O–H groups in total. The number of carbonyl (C=O) groups is 1. The summed E-state index contributed by atoms with van der Waals surface area (Å²) in [7, 11) is 0. The summed E-state index contributed by atoms with van der Waals surface area (Å²) in [6.45, 7) is 3.88. The Hall–Kier alpha value is -3.41. The van der Waals surface area contributed by atoms with E-state index in [1.165, 1.54) is 5.56 Å². The van der Waals surface area contributed by atoms with E-state index < -0.39 is 5.97 Å². The second kappa shape index (κ2) is 7.00. The van der Waals surface area contributed by atoms with Gasteiger partial charge >= 0.3 is 5.97 Å². The molecule has 126 valence electrons. The van der Waals surface area contributed by atoms with Gasteiger partial charge in [-0.1, -0.05) is 29.8 Å². The molecule has 0 aliphatic rings. The van der Waals surface area contributed by atoms with Gasteiger partial charge in [0.2, 0.25) is 5.95 Å². The van der Waals surface area contributed by atoms with Crippen molar-refractivity contribution in [3.63, 3.8) is 0 Å². The van der Waals surface area contributed by atoms with Gasteiger partial charge in [0, 0.05) is 17.4 Å². The molecule has 0 spiro atoms. The van der Waals surface area contributed by atoms with Crippen molar-refractivity contribution in [2.24, 2.45) is 0 Å². The molecule has 0 fully saturated rings. The lowest BCUT2D eigenvalue weighted by molar-refractivity contribution is 0.0698. The van der Waals surface area contributed by atoms with Crippen LogP contribution in [0.25, 0.3) is 0 Å². The van der Waals surface area contributed by atoms with Gasteiger partial charge in [0.05, 0.1) is 11.3 Å². The van der Waals surface area contributed by atoms with E-state index >= 15 is 0 Å². The van der Waals surface area contributed by atoms with Gasteiger partial charge < -0.3 is 15.7 Å². The Kier molecular flexibility index (Phi) is 4.61. The molecule has 6 nitrogen and oxygen atoms in total. The second-order valence-corrected chi connectivity index (χ2v) is 5.68. The Morgan fingerprint density at radius 3 is 2.40 bits per heavy atom. The summed E-state index contributed by atoms with van der Waals surface area (Å²) in [4.78, 5) is 20.1. The minimum atomic E-state index is -0.994. The van der Waals surface area contributed by atoms with E-state index in [-0.39, 0.29) is 5.56 Å². The first-order valence-corrected chi connectivity index (χ1v) is 7.80. The maximum absolute atomic E-state index is 11.3. The lowest BCUT2D eigenvalue weighted by Crippen LogP contribution is -2.05. The molecule has 0 aliphatic carbocycles. The highest BCUT2D eigenvalue weighted by molar-refractivity contribution is 5.95. The van der Waals surface area contributed by atoms with E-state index in [0.717, 1.165) is 11.4 Å². The summed E-state index contributed by atoms with van der Waals surface area (Å²) in [5.74, 6) is -0.0261. The SMILES string of the molecule is Cc1ccc(Nc2nc(C)cc(Nc3ccccc3C(=O)O)n2)cc1. The third-order valence-corrected chi connectivity index (χ3v) is 3.58. The number of nitrogens with zero attached hydrogens (tertiary/aromatic N) is 2. The zero-order valence-electron chi connectivity index (χ0n) is 13.9. The fourth-order valence-corrected chi connectivity index (χ4v) is 2.37. The standard InChI is InChI=1S/C19H18N4O2/c1-12-7-9-14(10-8-12)21-19-20-13(2)11-17(23-19)22-16-6-4-3-5-15(16)18(24)25/h3-11H,1-2H3,(H,24,25)(H2,20,21,22,23). The molecule has 0 bridgehead atoms. The molecule has 1 aromatic heterocycles. The van der Waals surface area contributed by atoms with Crippen molar-refractivity contribution in [1.29, 1.82) is 0 Å². The van der Waals surface area contributed by atoms with Crippen molar-refractivity contribution in [2.75, 3.05) is 10.6 Å². The van der Waals surface area contributed by atoms with Crippen LogP contribution in [0.1, 0.15) is 21.6 Å². The quantitative estimate of drug-likeness (QED) is 0.645. The Morgan fingerprint density at radius 2 is 1.68 bits per heavy atom. The van der Waals surface area contributed by atoms with Gasteiger partial charge in [-0.2, -0.15) is 4.98 Å². The summed E-state index contributed by atoms with van der Waals surface area (Å²) < 4.78 is 0. The number of aryl methyl sites for hydroxylation is 2. The average Bonchev–Trinajstić information content (AvgIpc) is 2.57. The summed E-state index contributed by atoms with van der Waals surface area (Å²) >= 11 is 0. The fraction of sp³-hybridized carbons (Fsp3) is 0.105. The number of nitrogens with one attached hydrogen (secondary N) is 2. The minimum Gasteiger partial charge on any atom is -0.478 e. The number of hydrogen-bond donors (Lipinski definition) is 3. The largest absolute Gasteiger partial charge is 0.478 e. The van der Waals surface area contributed by atoms with Crippen LogP contribution in [0.4, 0.5) is 23.1 Å². The van der Waals surface area contributed by atoms with Gasteiger partial charge in [0.1, 0.15) is 5.82 Å². The van der Waals surface area contributed by atoms with Crippen molar-refractivity contribution in [2.45, 2.75) is 13.8 Å². The first-order valence-electron chi connectivity index (χ1n) is 7.80. The topological polar surface area (TPSA) is 87.1 Å². The second-order valence-electron chi connectivity index (χ2n) is 5.68. The first-order chi connectivity index (χ1) is 12.0. The Bertz CT molecular complexity index is 908. The van der Waals surface area contributed by atoms with E-state index in [1.807, 2.05) is 38.1 Å². The van der Waals surface area contributed by atoms with Crippen LogP contribution in [0.2, 0.25) is 0 Å². The van der Waals surface area contributed by atoms with Crippen LogP contribution >= 0.6 is 0 Å². The van der Waals surface area contributed by atoms with E-state index in [0.29, 0.717) is 17.5 Å². The molecule has 3 aromatic rings. The van der Waals surface area contributed by atoms with Crippen molar-refractivity contribution in [3.05, 3.63) is 71.4 Å². The molecule has 0 saturated heterocycles. The zero-order chi connectivity index (χ0) is 17.8. The molecule has 1 heterocycles. The van der Waals surface area contributed by atoms with E-state index in [9.17, 15) is 9.90 Å². The monoisotopic (exact) mass is 334 g/mol. The van der Waals surface area contributed by atoms with E-state index in [2.05, 4.69) is 20.6 Å². The summed E-state index contributed by atoms with van der Waals surface area (Å²) in [6, 6.07) is 16.4. The average molecular weight is 334 g/mol. The molecular formula is C19H18N4O2. The van der Waals surface area contributed by atoms with Gasteiger partial charge in [-0.25, -0.2) is 9.78 Å². The molecule has 6 heteroatoms. The maximum Gasteiger partial charge on any atom is 0.337 e. The maximum atomic E-state index is 11.3. The van der Waals surface area contributed by atoms with Gasteiger partial charge in [-0.05, 0) is 38.1 Å². The number of rotatable bonds is 5. The normalized spacial score (nSPS) is 10.3. The molecule has 2 aromatic carbocycles. The molecular weight excluding hydrogens is 316 g/mol. The number of carboxylic acids is 1. The van der Waals surface area contributed by atoms with Gasteiger partial charge in [0.25, 0.3) is 0 Å². The van der Waals surface area contributed by atoms with E-state index in [1.54, 1.807) is 30.3 Å². The van der Waals surface area contributed by atoms with Crippen LogP contribution in [0, 0.1) is 13.8 Å². The zero-order valence-corrected chi connectivity index (χ0v) is 13.9. The molecule has 0 radical (unpaired) electrons. The van der Waals surface area contributed by atoms with Crippen LogP contribution in [0.15, 0.2) is 54.6 Å². The minimum absolute atomic E-state index is 0.187. The third-order valence-electron chi connectivity index (χ3n) is 3.58. The summed E-state index contributed by atoms with van der Waals surface area (Å²) in [5, 5.41) is 15.5. The predicted octanol–water partition coefficient (Wildman–Crippen LogP) is 4.28. The van der Waals surface area contributed by atoms with Crippen molar-refractivity contribution in [3.8, 4) is 0 Å². The molecule has 0 aliphatic heterocycles. The van der Waals surface area contributed by atoms with Crippen LogP contribution in [-0.2, 0) is 0 Å². The molecule has 0 saturated carbocycles. The number of aromatic nitrogens is 2. The highest BCUT2D eigenvalue weighted by Gasteiger charge is 2.10. The Balaban J connectivity index is 1.87.